The molecule has 3 saturated heterocycles. The third kappa shape index (κ3) is 7.08. The minimum atomic E-state index is -2.62. The Morgan fingerprint density at radius 1 is 0.932 bits per heavy atom. The molecule has 2 N–H and O–H groups in total. The summed E-state index contributed by atoms with van der Waals surface area (Å²) >= 11 is 0. The van der Waals surface area contributed by atoms with Crippen LogP contribution in [-0.2, 0) is 32.1 Å². The lowest BCUT2D eigenvalue weighted by molar-refractivity contribution is -0.142. The fourth-order valence-electron chi connectivity index (χ4n) is 7.97. The van der Waals surface area contributed by atoms with Gasteiger partial charge in [0.05, 0.1) is 6.42 Å². The van der Waals surface area contributed by atoms with Crippen LogP contribution in [-0.4, -0.2) is 95.1 Å². The highest BCUT2D eigenvalue weighted by Gasteiger charge is 2.44. The molecule has 0 aromatic heterocycles. The lowest BCUT2D eigenvalue weighted by Gasteiger charge is -2.40. The second-order valence-corrected chi connectivity index (χ2v) is 13.6. The van der Waals surface area contributed by atoms with Crippen LogP contribution < -0.4 is 10.6 Å². The van der Waals surface area contributed by atoms with E-state index in [2.05, 4.69) is 10.6 Å². The van der Waals surface area contributed by atoms with Gasteiger partial charge in [-0.1, -0.05) is 24.3 Å². The van der Waals surface area contributed by atoms with Gasteiger partial charge in [0.2, 0.25) is 29.6 Å². The van der Waals surface area contributed by atoms with Crippen molar-refractivity contribution in [2.75, 3.05) is 32.7 Å². The highest BCUT2D eigenvalue weighted by molar-refractivity contribution is 5.89. The van der Waals surface area contributed by atoms with Crippen LogP contribution in [0.5, 0.6) is 0 Å². The van der Waals surface area contributed by atoms with E-state index in [1.54, 1.807) is 4.90 Å². The van der Waals surface area contributed by atoms with Gasteiger partial charge >= 0.3 is 0 Å². The van der Waals surface area contributed by atoms with Crippen LogP contribution in [0, 0.1) is 11.8 Å². The maximum absolute atomic E-state index is 14.0. The summed E-state index contributed by atoms with van der Waals surface area (Å²) in [6.07, 6.45) is 4.25. The lowest BCUT2D eigenvalue weighted by atomic mass is 9.80. The SMILES string of the molecule is O=C1NCc2ccccc2CC(=O)N2CC[C@@H](CC(=O)N3CCCC3)[C@@H](CC(=O)N3C[C@@H](NC4CCC(F)(F)CC4)C[C@@H]13)C2. The number of likely N-dealkylation sites (tertiary alicyclic amines) is 1. The van der Waals surface area contributed by atoms with Crippen molar-refractivity contribution in [1.29, 1.82) is 0 Å². The van der Waals surface area contributed by atoms with E-state index >= 15 is 0 Å². The van der Waals surface area contributed by atoms with Gasteiger partial charge in [0.15, 0.2) is 0 Å². The number of carbonyl (C=O) groups excluding carboxylic acids is 4. The molecule has 4 fully saturated rings. The largest absolute Gasteiger partial charge is 0.350 e. The fraction of sp³-hybridized carbons (Fsp3) is 0.697. The molecule has 5 aliphatic rings. The van der Waals surface area contributed by atoms with Crippen LogP contribution in [0.3, 0.4) is 0 Å². The van der Waals surface area contributed by atoms with Crippen molar-refractivity contribution in [3.05, 3.63) is 35.4 Å². The van der Waals surface area contributed by atoms with E-state index in [0.29, 0.717) is 51.7 Å². The van der Waals surface area contributed by atoms with Gasteiger partial charge in [-0.15, -0.1) is 0 Å². The first-order chi connectivity index (χ1) is 21.1. The molecule has 4 amide bonds. The van der Waals surface area contributed by atoms with Crippen LogP contribution in [0.25, 0.3) is 0 Å². The highest BCUT2D eigenvalue weighted by Crippen LogP contribution is 2.35. The van der Waals surface area contributed by atoms with E-state index < -0.39 is 12.0 Å². The summed E-state index contributed by atoms with van der Waals surface area (Å²) in [5, 5.41) is 6.51. The molecule has 4 heterocycles. The van der Waals surface area contributed by atoms with Crippen LogP contribution in [0.4, 0.5) is 8.78 Å². The van der Waals surface area contributed by atoms with Gasteiger partial charge in [-0.25, -0.2) is 8.78 Å². The van der Waals surface area contributed by atoms with Crippen LogP contribution in [0.1, 0.15) is 75.3 Å². The summed E-state index contributed by atoms with van der Waals surface area (Å²) in [5.74, 6) is -3.13. The maximum atomic E-state index is 14.0. The van der Waals surface area contributed by atoms with Crippen molar-refractivity contribution in [3.63, 3.8) is 0 Å². The molecule has 1 aliphatic carbocycles. The second-order valence-electron chi connectivity index (χ2n) is 13.6. The normalized spacial score (nSPS) is 30.0. The average molecular weight is 614 g/mol. The lowest BCUT2D eigenvalue weighted by Crippen LogP contribution is -2.50. The summed E-state index contributed by atoms with van der Waals surface area (Å²) in [6, 6.07) is 6.69. The van der Waals surface area contributed by atoms with Crippen molar-refractivity contribution in [2.24, 2.45) is 11.8 Å². The Morgan fingerprint density at radius 3 is 2.41 bits per heavy atom. The third-order valence-corrected chi connectivity index (χ3v) is 10.6. The van der Waals surface area contributed by atoms with Gasteiger partial charge in [0.1, 0.15) is 6.04 Å². The number of piperidine rings is 1. The summed E-state index contributed by atoms with van der Waals surface area (Å²) in [7, 11) is 0. The summed E-state index contributed by atoms with van der Waals surface area (Å²) < 4.78 is 27.6. The molecule has 6 rings (SSSR count). The summed E-state index contributed by atoms with van der Waals surface area (Å²) in [5.41, 5.74) is 1.73. The zero-order valence-electron chi connectivity index (χ0n) is 25.4. The Hall–Kier alpha value is -3.08. The number of benzene rings is 1. The molecular weight excluding hydrogens is 568 g/mol. The Morgan fingerprint density at radius 2 is 1.66 bits per heavy atom. The van der Waals surface area contributed by atoms with E-state index in [9.17, 15) is 28.0 Å². The van der Waals surface area contributed by atoms with E-state index in [1.807, 2.05) is 34.1 Å². The van der Waals surface area contributed by atoms with Gasteiger partial charge in [0.25, 0.3) is 0 Å². The number of amides is 4. The smallest absolute Gasteiger partial charge is 0.248 e. The Balaban J connectivity index is 1.23. The standard InChI is InChI=1S/C33H45F2N5O4/c34-33(35)10-7-26(8-11-33)37-27-18-28-32(44)36-19-24-6-2-1-5-22(24)15-30(42)39-14-9-23(16-29(41)38-12-3-4-13-38)25(20-39)17-31(43)40(28)21-27/h1-2,5-6,23,25-28,37H,3-4,7-21H2,(H,36,44)/t23-,25-,27-,28-/m0/s1. The zero-order valence-corrected chi connectivity index (χ0v) is 25.4. The van der Waals surface area contributed by atoms with Crippen molar-refractivity contribution < 1.29 is 28.0 Å². The number of hydrogen-bond donors (Lipinski definition) is 2. The summed E-state index contributed by atoms with van der Waals surface area (Å²) in [6.45, 7) is 3.09. The topological polar surface area (TPSA) is 102 Å². The molecule has 9 nitrogen and oxygen atoms in total. The predicted octanol–water partition coefficient (Wildman–Crippen LogP) is 2.86. The molecule has 2 bridgehead atoms. The monoisotopic (exact) mass is 613 g/mol. The van der Waals surface area contributed by atoms with E-state index in [0.717, 1.165) is 37.1 Å². The molecule has 0 radical (unpaired) electrons. The van der Waals surface area contributed by atoms with Crippen molar-refractivity contribution >= 4 is 23.6 Å². The van der Waals surface area contributed by atoms with Crippen LogP contribution in [0.15, 0.2) is 24.3 Å². The summed E-state index contributed by atoms with van der Waals surface area (Å²) in [4.78, 5) is 59.7. The van der Waals surface area contributed by atoms with Gasteiger partial charge in [0, 0.05) is 77.0 Å². The van der Waals surface area contributed by atoms with E-state index in [1.165, 1.54) is 0 Å². The van der Waals surface area contributed by atoms with Gasteiger partial charge in [-0.3, -0.25) is 19.2 Å². The number of rotatable bonds is 4. The maximum Gasteiger partial charge on any atom is 0.248 e. The first kappa shape index (κ1) is 30.9. The molecule has 44 heavy (non-hydrogen) atoms. The molecule has 4 atom stereocenters. The minimum absolute atomic E-state index is 0.0102. The minimum Gasteiger partial charge on any atom is -0.350 e. The number of nitrogens with one attached hydrogen (secondary N) is 2. The average Bonchev–Trinajstić information content (AvgIpc) is 3.69. The number of alkyl halides is 2. The Labute approximate surface area is 258 Å². The molecule has 1 saturated carbocycles. The Bertz CT molecular complexity index is 1240. The van der Waals surface area contributed by atoms with Gasteiger partial charge in [-0.2, -0.15) is 0 Å². The number of fused-ring (bicyclic) bond motifs is 4. The molecule has 0 unspecified atom stereocenters. The molecule has 11 heteroatoms. The van der Waals surface area contributed by atoms with Crippen molar-refractivity contribution in [3.8, 4) is 0 Å². The van der Waals surface area contributed by atoms with E-state index in [4.69, 9.17) is 0 Å². The van der Waals surface area contributed by atoms with E-state index in [-0.39, 0.29) is 79.8 Å². The number of carbonyl (C=O) groups is 4. The first-order valence-corrected chi connectivity index (χ1v) is 16.5. The van der Waals surface area contributed by atoms with Gasteiger partial charge in [-0.05, 0) is 61.5 Å². The molecule has 4 aliphatic heterocycles. The third-order valence-electron chi connectivity index (χ3n) is 10.6. The van der Waals surface area contributed by atoms with Crippen molar-refractivity contribution in [2.45, 2.75) is 101 Å². The number of hydrogen-bond acceptors (Lipinski definition) is 5. The molecule has 1 aromatic rings. The number of halogens is 2. The van der Waals surface area contributed by atoms with Crippen LogP contribution >= 0.6 is 0 Å². The van der Waals surface area contributed by atoms with Crippen molar-refractivity contribution in [1.82, 2.24) is 25.3 Å². The second kappa shape index (κ2) is 13.1. The highest BCUT2D eigenvalue weighted by atomic mass is 19.3. The Kier molecular flexibility index (Phi) is 9.21. The van der Waals surface area contributed by atoms with Crippen LogP contribution in [0.2, 0.25) is 0 Å². The molecular formula is C33H45F2N5O4. The zero-order chi connectivity index (χ0) is 30.8. The fourth-order valence-corrected chi connectivity index (χ4v) is 7.97. The number of nitrogens with zero attached hydrogens (tertiary/aromatic N) is 3. The molecule has 1 aromatic carbocycles. The molecule has 240 valence electrons. The quantitative estimate of drug-likeness (QED) is 0.544. The predicted molar refractivity (Wildman–Crippen MR) is 159 cm³/mol. The molecule has 0 spiro atoms. The first-order valence-electron chi connectivity index (χ1n) is 16.5. The van der Waals surface area contributed by atoms with Gasteiger partial charge < -0.3 is 25.3 Å².